The lowest BCUT2D eigenvalue weighted by atomic mass is 9.73. The summed E-state index contributed by atoms with van der Waals surface area (Å²) in [5.41, 5.74) is 2.87. The number of benzene rings is 2. The van der Waals surface area contributed by atoms with Crippen LogP contribution in [0.4, 0.5) is 0 Å². The van der Waals surface area contributed by atoms with E-state index in [1.54, 1.807) is 0 Å². The minimum absolute atomic E-state index is 0.0714. The van der Waals surface area contributed by atoms with Crippen molar-refractivity contribution in [2.75, 3.05) is 5.75 Å². The molecule has 1 aliphatic rings. The summed E-state index contributed by atoms with van der Waals surface area (Å²) < 4.78 is 24.5. The van der Waals surface area contributed by atoms with E-state index in [0.29, 0.717) is 28.1 Å². The first-order valence-electron chi connectivity index (χ1n) is 9.99. The number of carbonyl (C=O) groups excluding carboxylic acids is 1. The van der Waals surface area contributed by atoms with Crippen molar-refractivity contribution in [1.29, 1.82) is 0 Å². The highest BCUT2D eigenvalue weighted by Crippen LogP contribution is 2.37. The van der Waals surface area contributed by atoms with Crippen molar-refractivity contribution in [2.24, 2.45) is 0 Å². The van der Waals surface area contributed by atoms with Crippen LogP contribution in [0.2, 0.25) is 0 Å². The van der Waals surface area contributed by atoms with Gasteiger partial charge in [0.15, 0.2) is 5.78 Å². The van der Waals surface area contributed by atoms with E-state index in [1.165, 1.54) is 0 Å². The maximum atomic E-state index is 13.3. The Labute approximate surface area is 177 Å². The molecule has 6 heteroatoms. The molecule has 0 aromatic heterocycles. The molecule has 1 fully saturated rings. The molecule has 2 aromatic rings. The van der Waals surface area contributed by atoms with Gasteiger partial charge in [0.1, 0.15) is 11.5 Å². The second-order valence-corrected chi connectivity index (χ2v) is 10.3. The molecule has 0 spiro atoms. The van der Waals surface area contributed by atoms with Crippen molar-refractivity contribution < 1.29 is 18.7 Å². The molecule has 0 amide bonds. The normalized spacial score (nSPS) is 18.7. The Morgan fingerprint density at radius 3 is 2.17 bits per heavy atom. The zero-order valence-electron chi connectivity index (χ0n) is 18.1. The van der Waals surface area contributed by atoms with Gasteiger partial charge in [-0.05, 0) is 58.2 Å². The van der Waals surface area contributed by atoms with Gasteiger partial charge in [0.05, 0.1) is 11.2 Å². The molecule has 1 aliphatic heterocycles. The lowest BCUT2D eigenvalue weighted by Crippen LogP contribution is -2.41. The van der Waals surface area contributed by atoms with Crippen molar-refractivity contribution in [3.8, 4) is 0 Å². The van der Waals surface area contributed by atoms with Crippen LogP contribution in [-0.4, -0.2) is 34.4 Å². The number of rotatable bonds is 6. The maximum Gasteiger partial charge on any atom is 0.495 e. The van der Waals surface area contributed by atoms with Crippen molar-refractivity contribution in [3.05, 3.63) is 64.7 Å². The summed E-state index contributed by atoms with van der Waals surface area (Å²) in [6, 6.07) is 13.1. The highest BCUT2D eigenvalue weighted by molar-refractivity contribution is 7.90. The van der Waals surface area contributed by atoms with E-state index in [4.69, 9.17) is 9.31 Å². The first-order valence-corrected chi connectivity index (χ1v) is 11.5. The molecule has 1 saturated heterocycles. The summed E-state index contributed by atoms with van der Waals surface area (Å²) in [4.78, 5) is 13.3. The number of aryl methyl sites for hydroxylation is 1. The Morgan fingerprint density at radius 1 is 1.03 bits per heavy atom. The fourth-order valence-corrected chi connectivity index (χ4v) is 3.98. The Hall–Kier alpha value is -1.60. The molecule has 1 atom stereocenters. The molecule has 3 rings (SSSR count). The Morgan fingerprint density at radius 2 is 1.62 bits per heavy atom. The van der Waals surface area contributed by atoms with Crippen LogP contribution in [0.25, 0.3) is 0 Å². The highest BCUT2D eigenvalue weighted by Gasteiger charge is 2.52. The predicted octanol–water partition coefficient (Wildman–Crippen LogP) is 3.79. The second kappa shape index (κ2) is 8.27. The van der Waals surface area contributed by atoms with Gasteiger partial charge >= 0.3 is 7.12 Å². The topological polar surface area (TPSA) is 58.6 Å². The molecular formula is C23H29BO4S. The zero-order chi connectivity index (χ0) is 21.4. The molecule has 0 radical (unpaired) electrons. The Kier molecular flexibility index (Phi) is 6.30. The van der Waals surface area contributed by atoms with Gasteiger partial charge in [0, 0.05) is 16.7 Å². The van der Waals surface area contributed by atoms with E-state index in [-0.39, 0.29) is 5.78 Å². The minimum Gasteiger partial charge on any atom is -0.616 e. The average molecular weight is 412 g/mol. The number of carbonyl (C=O) groups is 1. The molecule has 29 heavy (non-hydrogen) atoms. The Balaban J connectivity index is 2.04. The second-order valence-electron chi connectivity index (χ2n) is 8.58. The molecule has 1 unspecified atom stereocenters. The lowest BCUT2D eigenvalue weighted by Gasteiger charge is -2.32. The third-order valence-electron chi connectivity index (χ3n) is 5.83. The highest BCUT2D eigenvalue weighted by atomic mass is 32.2. The van der Waals surface area contributed by atoms with Gasteiger partial charge in [-0.1, -0.05) is 48.0 Å². The van der Waals surface area contributed by atoms with Gasteiger partial charge in [-0.2, -0.15) is 0 Å². The van der Waals surface area contributed by atoms with Gasteiger partial charge in [-0.3, -0.25) is 4.79 Å². The van der Waals surface area contributed by atoms with Crippen LogP contribution in [0.1, 0.15) is 61.7 Å². The molecule has 154 valence electrons. The summed E-state index contributed by atoms with van der Waals surface area (Å²) in [7, 11) is -0.653. The van der Waals surface area contributed by atoms with Crippen LogP contribution < -0.4 is 5.46 Å². The summed E-state index contributed by atoms with van der Waals surface area (Å²) >= 11 is -0.941. The van der Waals surface area contributed by atoms with E-state index in [1.807, 2.05) is 84.0 Å². The molecule has 0 N–H and O–H groups in total. The van der Waals surface area contributed by atoms with Crippen LogP contribution >= 0.6 is 0 Å². The standard InChI is InChI=1S/C23H29BO4S/c1-7-29(26)15-17-10-13-19(21(25)18-11-8-16(2)9-12-18)20(14-17)24-27-22(3,4)23(5,6)28-24/h8-14H,7,15H2,1-6H3. The van der Waals surface area contributed by atoms with E-state index < -0.39 is 29.5 Å². The summed E-state index contributed by atoms with van der Waals surface area (Å²) in [5.74, 6) is 0.968. The van der Waals surface area contributed by atoms with E-state index >= 15 is 0 Å². The van der Waals surface area contributed by atoms with Gasteiger partial charge in [0.2, 0.25) is 0 Å². The third kappa shape index (κ3) is 4.61. The molecule has 0 aliphatic carbocycles. The average Bonchev–Trinajstić information content (AvgIpc) is 2.89. The van der Waals surface area contributed by atoms with Crippen LogP contribution in [0.15, 0.2) is 42.5 Å². The van der Waals surface area contributed by atoms with Crippen LogP contribution in [0.5, 0.6) is 0 Å². The van der Waals surface area contributed by atoms with Crippen molar-refractivity contribution in [2.45, 2.75) is 58.5 Å². The maximum absolute atomic E-state index is 13.3. The van der Waals surface area contributed by atoms with Gasteiger partial charge < -0.3 is 13.9 Å². The fourth-order valence-electron chi connectivity index (χ4n) is 3.22. The van der Waals surface area contributed by atoms with E-state index in [2.05, 4.69) is 0 Å². The number of ketones is 1. The smallest absolute Gasteiger partial charge is 0.495 e. The summed E-state index contributed by atoms with van der Waals surface area (Å²) in [6.07, 6.45) is 0. The van der Waals surface area contributed by atoms with Crippen LogP contribution in [0, 0.1) is 6.92 Å². The van der Waals surface area contributed by atoms with E-state index in [0.717, 1.165) is 11.1 Å². The molecule has 2 aromatic carbocycles. The SMILES string of the molecule is CC[S+]([O-])Cc1ccc(C(=O)c2ccc(C)cc2)c(B2OC(C)(C)C(C)(C)O2)c1. The number of hydrogen-bond donors (Lipinski definition) is 0. The van der Waals surface area contributed by atoms with Gasteiger partial charge in [0.25, 0.3) is 0 Å². The molecule has 0 bridgehead atoms. The van der Waals surface area contributed by atoms with Gasteiger partial charge in [-0.15, -0.1) is 0 Å². The predicted molar refractivity (Wildman–Crippen MR) is 119 cm³/mol. The van der Waals surface area contributed by atoms with E-state index in [9.17, 15) is 9.35 Å². The van der Waals surface area contributed by atoms with Crippen LogP contribution in [0.3, 0.4) is 0 Å². The first-order chi connectivity index (χ1) is 13.5. The number of hydrogen-bond acceptors (Lipinski definition) is 4. The fraction of sp³-hybridized carbons (Fsp3) is 0.435. The molecule has 0 saturated carbocycles. The van der Waals surface area contributed by atoms with Crippen molar-refractivity contribution >= 4 is 29.5 Å². The molecule has 4 nitrogen and oxygen atoms in total. The van der Waals surface area contributed by atoms with Gasteiger partial charge in [-0.25, -0.2) is 0 Å². The summed E-state index contributed by atoms with van der Waals surface area (Å²) in [6.45, 7) is 11.9. The zero-order valence-corrected chi connectivity index (χ0v) is 18.9. The van der Waals surface area contributed by atoms with Crippen molar-refractivity contribution in [1.82, 2.24) is 0 Å². The van der Waals surface area contributed by atoms with Crippen LogP contribution in [-0.2, 0) is 26.2 Å². The third-order valence-corrected chi connectivity index (χ3v) is 7.13. The minimum atomic E-state index is -0.941. The lowest BCUT2D eigenvalue weighted by molar-refractivity contribution is 0.00578. The monoisotopic (exact) mass is 412 g/mol. The van der Waals surface area contributed by atoms with Crippen molar-refractivity contribution in [3.63, 3.8) is 0 Å². The molecular weight excluding hydrogens is 383 g/mol. The summed E-state index contributed by atoms with van der Waals surface area (Å²) in [5, 5.41) is 0. The molecule has 1 heterocycles. The largest absolute Gasteiger partial charge is 0.616 e. The quantitative estimate of drug-likeness (QED) is 0.412. The Bertz CT molecular complexity index is 876. The first kappa shape index (κ1) is 22.1.